The van der Waals surface area contributed by atoms with Gasteiger partial charge in [0.15, 0.2) is 11.4 Å². The van der Waals surface area contributed by atoms with Crippen molar-refractivity contribution in [3.63, 3.8) is 0 Å². The number of anilines is 5. The molecule has 1 aliphatic carbocycles. The van der Waals surface area contributed by atoms with Crippen molar-refractivity contribution in [2.75, 3.05) is 9.80 Å². The van der Waals surface area contributed by atoms with Gasteiger partial charge in [-0.25, -0.2) is 4.90 Å². The van der Waals surface area contributed by atoms with Crippen LogP contribution in [-0.2, 0) is 0 Å². The second kappa shape index (κ2) is 13.1. The van der Waals surface area contributed by atoms with Crippen LogP contribution in [0.25, 0.3) is 60.3 Å². The largest absolute Gasteiger partial charge is 0.333 e. The summed E-state index contributed by atoms with van der Waals surface area (Å²) in [6, 6.07) is 61.6. The molecule has 0 bridgehead atoms. The van der Waals surface area contributed by atoms with Gasteiger partial charge < -0.3 is 14.2 Å². The topological polar surface area (TPSA) is 15.3 Å². The number of aryl methyl sites for hydroxylation is 2. The SMILES string of the molecule is CC1=CCC(N(c2ccccc2)c2cccc3c2-c2cccc4c2[NH+]3c2cc3c5cccc6c7c(N(c8ccccc8)c8ccc(C)c(C)c8)cccc7n(c3cc2-4)c56)C=C1C. The fraction of sp³-hybridized carbons (Fsp3) is 0.103. The standard InChI is InChI=1S/C58H44N4/c1-35-27-29-41(31-37(35)3)59(39-15-7-5-8-16-39)49-23-13-25-51-55(49)45-21-11-19-43-47-34-54-48(33-53(47)61(51)57(43)45)44-20-12-22-46-56-50(24-14-26-52(56)62(54)58(44)46)60(40-17-9-6-10-18-40)42-30-28-36(2)38(4)32-42/h5-29,31-34,42H,30H2,1-4H3/p+1. The van der Waals surface area contributed by atoms with Crippen molar-refractivity contribution in [1.82, 2.24) is 4.40 Å². The molecule has 0 fully saturated rings. The smallest absolute Gasteiger partial charge is 0.157 e. The van der Waals surface area contributed by atoms with Gasteiger partial charge >= 0.3 is 0 Å². The number of nitrogens with zero attached hydrogens (tertiary/aromatic N) is 3. The van der Waals surface area contributed by atoms with E-state index in [1.54, 1.807) is 0 Å². The second-order valence-electron chi connectivity index (χ2n) is 17.6. The molecule has 2 atom stereocenters. The Kier molecular flexibility index (Phi) is 7.44. The van der Waals surface area contributed by atoms with Crippen LogP contribution in [0.5, 0.6) is 0 Å². The molecule has 0 saturated heterocycles. The van der Waals surface area contributed by atoms with Gasteiger partial charge in [0.2, 0.25) is 0 Å². The fourth-order valence-corrected chi connectivity index (χ4v) is 11.2. The summed E-state index contributed by atoms with van der Waals surface area (Å²) in [6.45, 7) is 8.89. The van der Waals surface area contributed by atoms with Gasteiger partial charge in [0.1, 0.15) is 5.69 Å². The van der Waals surface area contributed by atoms with Gasteiger partial charge in [0.25, 0.3) is 0 Å². The van der Waals surface area contributed by atoms with Crippen molar-refractivity contribution in [1.29, 1.82) is 0 Å². The average Bonchev–Trinajstić information content (AvgIpc) is 4.03. The Morgan fingerprint density at radius 3 is 2.05 bits per heavy atom. The van der Waals surface area contributed by atoms with Crippen molar-refractivity contribution in [2.45, 2.75) is 40.2 Å². The van der Waals surface area contributed by atoms with Gasteiger partial charge in [0.05, 0.1) is 56.2 Å². The third-order valence-corrected chi connectivity index (χ3v) is 14.3. The van der Waals surface area contributed by atoms with E-state index >= 15 is 0 Å². The summed E-state index contributed by atoms with van der Waals surface area (Å²) in [4.78, 5) is 6.39. The van der Waals surface area contributed by atoms with Crippen LogP contribution in [-0.4, -0.2) is 10.4 Å². The van der Waals surface area contributed by atoms with Crippen LogP contribution >= 0.6 is 0 Å². The lowest BCUT2D eigenvalue weighted by molar-refractivity contribution is -0.672. The van der Waals surface area contributed by atoms with Gasteiger partial charge in [-0.3, -0.25) is 0 Å². The van der Waals surface area contributed by atoms with E-state index in [-0.39, 0.29) is 6.04 Å². The molecule has 0 saturated carbocycles. The highest BCUT2D eigenvalue weighted by molar-refractivity contribution is 6.27. The molecule has 2 aromatic heterocycles. The Balaban J connectivity index is 1.02. The molecule has 4 heterocycles. The monoisotopic (exact) mass is 797 g/mol. The van der Waals surface area contributed by atoms with Crippen molar-refractivity contribution in [3.05, 3.63) is 198 Å². The highest BCUT2D eigenvalue weighted by Crippen LogP contribution is 2.55. The van der Waals surface area contributed by atoms with Gasteiger partial charge in [-0.2, -0.15) is 0 Å². The molecule has 13 rings (SSSR count). The maximum absolute atomic E-state index is 2.59. The van der Waals surface area contributed by atoms with E-state index in [4.69, 9.17) is 0 Å². The third kappa shape index (κ3) is 4.81. The van der Waals surface area contributed by atoms with Crippen molar-refractivity contribution in [2.24, 2.45) is 0 Å². The lowest BCUT2D eigenvalue weighted by Crippen LogP contribution is -2.94. The Morgan fingerprint density at radius 2 is 1.24 bits per heavy atom. The number of fused-ring (bicyclic) bond motifs is 12. The first-order chi connectivity index (χ1) is 30.4. The fourth-order valence-electron chi connectivity index (χ4n) is 11.2. The van der Waals surface area contributed by atoms with Crippen LogP contribution in [0.4, 0.5) is 45.5 Å². The molecule has 4 nitrogen and oxygen atoms in total. The van der Waals surface area contributed by atoms with Crippen LogP contribution in [0.2, 0.25) is 0 Å². The summed E-state index contributed by atoms with van der Waals surface area (Å²) in [5.41, 5.74) is 24.4. The molecule has 4 heteroatoms. The van der Waals surface area contributed by atoms with E-state index < -0.39 is 0 Å². The quantitative estimate of drug-likeness (QED) is 0.180. The molecular formula is C58H45N4+. The number of aromatic nitrogens is 1. The van der Waals surface area contributed by atoms with Gasteiger partial charge in [-0.05, 0) is 118 Å². The minimum absolute atomic E-state index is 0.216. The number of nitrogens with one attached hydrogen (secondary N) is 1. The van der Waals surface area contributed by atoms with Crippen molar-refractivity contribution in [3.8, 4) is 22.3 Å². The Bertz CT molecular complexity index is 3550. The predicted octanol–water partition coefficient (Wildman–Crippen LogP) is 14.9. The normalized spacial score (nSPS) is 16.2. The second-order valence-corrected chi connectivity index (χ2v) is 17.6. The zero-order valence-electron chi connectivity index (χ0n) is 35.4. The van der Waals surface area contributed by atoms with Gasteiger partial charge in [0, 0.05) is 50.7 Å². The van der Waals surface area contributed by atoms with Crippen LogP contribution in [0.1, 0.15) is 31.4 Å². The molecule has 0 spiro atoms. The van der Waals surface area contributed by atoms with Crippen LogP contribution < -0.4 is 14.7 Å². The van der Waals surface area contributed by atoms with Crippen LogP contribution in [0.15, 0.2) is 187 Å². The highest BCUT2D eigenvalue weighted by atomic mass is 15.2. The first kappa shape index (κ1) is 35.4. The number of para-hydroxylation sites is 4. The van der Waals surface area contributed by atoms with Crippen LogP contribution in [0.3, 0.4) is 0 Å². The summed E-state index contributed by atoms with van der Waals surface area (Å²) in [7, 11) is 0. The zero-order chi connectivity index (χ0) is 41.4. The van der Waals surface area contributed by atoms with Crippen molar-refractivity contribution >= 4 is 83.6 Å². The summed E-state index contributed by atoms with van der Waals surface area (Å²) in [5, 5.41) is 5.14. The number of allylic oxidation sites excluding steroid dienone is 2. The van der Waals surface area contributed by atoms with Gasteiger partial charge in [-0.1, -0.05) is 102 Å². The van der Waals surface area contributed by atoms with Crippen molar-refractivity contribution < 1.29 is 4.90 Å². The predicted molar refractivity (Wildman–Crippen MR) is 261 cm³/mol. The summed E-state index contributed by atoms with van der Waals surface area (Å²) < 4.78 is 2.55. The molecule has 62 heavy (non-hydrogen) atoms. The Morgan fingerprint density at radius 1 is 0.516 bits per heavy atom. The molecule has 0 radical (unpaired) electrons. The van der Waals surface area contributed by atoms with E-state index in [2.05, 4.69) is 218 Å². The molecule has 2 unspecified atom stereocenters. The summed E-state index contributed by atoms with van der Waals surface area (Å²) in [5.74, 6) is 0. The summed E-state index contributed by atoms with van der Waals surface area (Å²) >= 11 is 0. The first-order valence-corrected chi connectivity index (χ1v) is 22.0. The van der Waals surface area contributed by atoms with E-state index in [9.17, 15) is 0 Å². The maximum Gasteiger partial charge on any atom is 0.157 e. The first-order valence-electron chi connectivity index (χ1n) is 22.0. The molecule has 8 aromatic carbocycles. The lowest BCUT2D eigenvalue weighted by Gasteiger charge is -2.35. The Labute approximate surface area is 361 Å². The molecule has 0 amide bonds. The number of quaternary nitrogens is 1. The highest BCUT2D eigenvalue weighted by Gasteiger charge is 2.45. The maximum atomic E-state index is 2.59. The molecular weight excluding hydrogens is 753 g/mol. The minimum Gasteiger partial charge on any atom is -0.333 e. The van der Waals surface area contributed by atoms with E-state index in [1.165, 1.54) is 122 Å². The minimum atomic E-state index is 0.216. The van der Waals surface area contributed by atoms with E-state index in [0.717, 1.165) is 17.8 Å². The van der Waals surface area contributed by atoms with Crippen LogP contribution in [0, 0.1) is 13.8 Å². The molecule has 2 aliphatic heterocycles. The summed E-state index contributed by atoms with van der Waals surface area (Å²) in [6.07, 6.45) is 5.85. The zero-order valence-corrected chi connectivity index (χ0v) is 35.4. The van der Waals surface area contributed by atoms with E-state index in [1.807, 2.05) is 0 Å². The number of rotatable bonds is 6. The average molecular weight is 798 g/mol. The Hall–Kier alpha value is -7.40. The number of hydrogen-bond donors (Lipinski definition) is 1. The molecule has 10 aromatic rings. The number of hydrogen-bond acceptors (Lipinski definition) is 2. The molecule has 1 N–H and O–H groups in total. The third-order valence-electron chi connectivity index (χ3n) is 14.3. The number of benzene rings is 8. The molecule has 3 aliphatic rings. The molecule has 296 valence electrons. The lowest BCUT2D eigenvalue weighted by atomic mass is 9.93. The van der Waals surface area contributed by atoms with Gasteiger partial charge in [-0.15, -0.1) is 0 Å². The van der Waals surface area contributed by atoms with E-state index in [0.29, 0.717) is 0 Å².